The molecule has 3 rings (SSSR count). The molecule has 1 heterocycles. The van der Waals surface area contributed by atoms with Gasteiger partial charge in [0.2, 0.25) is 0 Å². The zero-order chi connectivity index (χ0) is 12.2. The lowest BCUT2D eigenvalue weighted by atomic mass is 10.1. The first-order chi connectivity index (χ1) is 8.01. The normalized spacial score (nSPS) is 17.5. The molecule has 17 heavy (non-hydrogen) atoms. The summed E-state index contributed by atoms with van der Waals surface area (Å²) in [5.41, 5.74) is 0.131. The van der Waals surface area contributed by atoms with E-state index in [4.69, 9.17) is 5.84 Å². The predicted octanol–water partition coefficient (Wildman–Crippen LogP) is 0.858. The van der Waals surface area contributed by atoms with Crippen molar-refractivity contribution in [1.82, 2.24) is 4.41 Å². The van der Waals surface area contributed by atoms with Crippen LogP contribution in [0.4, 0.5) is 0 Å². The minimum Gasteiger partial charge on any atom is -0.266 e. The third-order valence-corrected chi connectivity index (χ3v) is 4.39. The SMILES string of the molecule is NN1C(=O)c2cc3ccccc3cc2S1(=O)=O. The number of carbonyl (C=O) groups excluding carboxylic acids is 1. The highest BCUT2D eigenvalue weighted by Gasteiger charge is 2.39. The van der Waals surface area contributed by atoms with Gasteiger partial charge in [0.1, 0.15) is 4.90 Å². The van der Waals surface area contributed by atoms with E-state index in [1.807, 2.05) is 12.1 Å². The highest BCUT2D eigenvalue weighted by atomic mass is 32.2. The van der Waals surface area contributed by atoms with Gasteiger partial charge in [-0.1, -0.05) is 24.3 Å². The number of fused-ring (bicyclic) bond motifs is 2. The van der Waals surface area contributed by atoms with Gasteiger partial charge in [-0.15, -0.1) is 0 Å². The molecule has 2 N–H and O–H groups in total. The fourth-order valence-corrected chi connectivity index (χ4v) is 3.16. The number of sulfonamides is 1. The Morgan fingerprint density at radius 2 is 1.65 bits per heavy atom. The maximum atomic E-state index is 11.8. The molecule has 0 unspecified atom stereocenters. The van der Waals surface area contributed by atoms with Crippen molar-refractivity contribution in [3.8, 4) is 0 Å². The molecule has 0 bridgehead atoms. The standard InChI is InChI=1S/C11H8N2O3S/c12-13-11(14)9-5-7-3-1-2-4-8(7)6-10(9)17(13,15)16/h1-6H,12H2. The molecular weight excluding hydrogens is 240 g/mol. The van der Waals surface area contributed by atoms with E-state index in [1.54, 1.807) is 18.2 Å². The van der Waals surface area contributed by atoms with Crippen molar-refractivity contribution < 1.29 is 13.2 Å². The summed E-state index contributed by atoms with van der Waals surface area (Å²) in [6, 6.07) is 10.3. The van der Waals surface area contributed by atoms with Gasteiger partial charge >= 0.3 is 0 Å². The van der Waals surface area contributed by atoms with E-state index < -0.39 is 15.9 Å². The van der Waals surface area contributed by atoms with Gasteiger partial charge in [-0.3, -0.25) is 4.79 Å². The van der Waals surface area contributed by atoms with Crippen LogP contribution in [0.3, 0.4) is 0 Å². The van der Waals surface area contributed by atoms with Gasteiger partial charge in [0.15, 0.2) is 0 Å². The number of hydrazine groups is 1. The lowest BCUT2D eigenvalue weighted by molar-refractivity contribution is 0.0871. The largest absolute Gasteiger partial charge is 0.283 e. The maximum Gasteiger partial charge on any atom is 0.283 e. The number of nitrogens with two attached hydrogens (primary N) is 1. The van der Waals surface area contributed by atoms with Gasteiger partial charge in [0.25, 0.3) is 15.9 Å². The van der Waals surface area contributed by atoms with Gasteiger partial charge in [-0.05, 0) is 22.9 Å². The number of benzene rings is 2. The molecule has 1 amide bonds. The molecule has 86 valence electrons. The molecule has 5 nitrogen and oxygen atoms in total. The van der Waals surface area contributed by atoms with Crippen molar-refractivity contribution in [2.75, 3.05) is 0 Å². The molecule has 0 spiro atoms. The van der Waals surface area contributed by atoms with Crippen LogP contribution in [0.25, 0.3) is 10.8 Å². The molecule has 0 fully saturated rings. The molecule has 0 aliphatic carbocycles. The maximum absolute atomic E-state index is 11.8. The number of rotatable bonds is 0. The third-order valence-electron chi connectivity index (χ3n) is 2.82. The molecule has 0 aromatic heterocycles. The number of carbonyl (C=O) groups is 1. The van der Waals surface area contributed by atoms with Crippen LogP contribution in [0.15, 0.2) is 41.3 Å². The van der Waals surface area contributed by atoms with E-state index in [-0.39, 0.29) is 14.9 Å². The van der Waals surface area contributed by atoms with Crippen molar-refractivity contribution in [1.29, 1.82) is 0 Å². The second kappa shape index (κ2) is 3.06. The Morgan fingerprint density at radius 3 is 2.29 bits per heavy atom. The van der Waals surface area contributed by atoms with E-state index in [9.17, 15) is 13.2 Å². The Labute approximate surface area is 97.5 Å². The first-order valence-corrected chi connectivity index (χ1v) is 6.33. The predicted molar refractivity (Wildman–Crippen MR) is 61.5 cm³/mol. The van der Waals surface area contributed by atoms with Gasteiger partial charge < -0.3 is 0 Å². The molecule has 2 aromatic carbocycles. The smallest absolute Gasteiger partial charge is 0.266 e. The zero-order valence-corrected chi connectivity index (χ0v) is 9.44. The fourth-order valence-electron chi connectivity index (χ4n) is 1.93. The molecular formula is C11H8N2O3S. The van der Waals surface area contributed by atoms with Crippen molar-refractivity contribution in [3.63, 3.8) is 0 Å². The van der Waals surface area contributed by atoms with Gasteiger partial charge in [-0.2, -0.15) is 12.8 Å². The number of amides is 1. The first-order valence-electron chi connectivity index (χ1n) is 4.89. The van der Waals surface area contributed by atoms with Crippen LogP contribution in [0.1, 0.15) is 10.4 Å². The van der Waals surface area contributed by atoms with Crippen LogP contribution < -0.4 is 5.84 Å². The highest BCUT2D eigenvalue weighted by molar-refractivity contribution is 7.90. The van der Waals surface area contributed by atoms with E-state index in [2.05, 4.69) is 0 Å². The summed E-state index contributed by atoms with van der Waals surface area (Å²) in [6.07, 6.45) is 0. The van der Waals surface area contributed by atoms with Gasteiger partial charge in [-0.25, -0.2) is 5.84 Å². The van der Waals surface area contributed by atoms with E-state index in [1.165, 1.54) is 6.07 Å². The monoisotopic (exact) mass is 248 g/mol. The summed E-state index contributed by atoms with van der Waals surface area (Å²) in [6.45, 7) is 0. The quantitative estimate of drug-likeness (QED) is 0.554. The molecule has 0 saturated carbocycles. The summed E-state index contributed by atoms with van der Waals surface area (Å²) in [7, 11) is -3.86. The Hall–Kier alpha value is -1.92. The van der Waals surface area contributed by atoms with E-state index in [0.717, 1.165) is 10.8 Å². The van der Waals surface area contributed by atoms with Crippen molar-refractivity contribution in [3.05, 3.63) is 42.0 Å². The van der Waals surface area contributed by atoms with Crippen molar-refractivity contribution in [2.24, 2.45) is 5.84 Å². The average molecular weight is 248 g/mol. The summed E-state index contributed by atoms with van der Waals surface area (Å²) in [4.78, 5) is 11.7. The average Bonchev–Trinajstić information content (AvgIpc) is 2.49. The third kappa shape index (κ3) is 1.22. The molecule has 0 atom stereocenters. The molecule has 0 saturated heterocycles. The van der Waals surface area contributed by atoms with Crippen LogP contribution in [-0.4, -0.2) is 18.7 Å². The van der Waals surface area contributed by atoms with E-state index >= 15 is 0 Å². The minimum absolute atomic E-state index is 0.0244. The summed E-state index contributed by atoms with van der Waals surface area (Å²) in [5, 5.41) is 1.57. The lowest BCUT2D eigenvalue weighted by Crippen LogP contribution is -2.36. The van der Waals surface area contributed by atoms with Crippen LogP contribution in [0.2, 0.25) is 0 Å². The van der Waals surface area contributed by atoms with E-state index in [0.29, 0.717) is 0 Å². The Bertz CT molecular complexity index is 752. The highest BCUT2D eigenvalue weighted by Crippen LogP contribution is 2.31. The van der Waals surface area contributed by atoms with Crippen molar-refractivity contribution >= 4 is 26.7 Å². The van der Waals surface area contributed by atoms with Crippen LogP contribution in [-0.2, 0) is 10.0 Å². The minimum atomic E-state index is -3.86. The molecule has 0 radical (unpaired) electrons. The summed E-state index contributed by atoms with van der Waals surface area (Å²) < 4.78 is 23.9. The van der Waals surface area contributed by atoms with Crippen molar-refractivity contribution in [2.45, 2.75) is 4.90 Å². The Balaban J connectivity index is 2.46. The summed E-state index contributed by atoms with van der Waals surface area (Å²) >= 11 is 0. The zero-order valence-electron chi connectivity index (χ0n) is 8.62. The number of nitrogens with zero attached hydrogens (tertiary/aromatic N) is 1. The Kier molecular flexibility index (Phi) is 1.84. The topological polar surface area (TPSA) is 80.5 Å². The summed E-state index contributed by atoms with van der Waals surface area (Å²) in [5.74, 6) is 4.58. The second-order valence-corrected chi connectivity index (χ2v) is 5.58. The van der Waals surface area contributed by atoms with Gasteiger partial charge in [0, 0.05) is 0 Å². The van der Waals surface area contributed by atoms with Gasteiger partial charge in [0.05, 0.1) is 5.56 Å². The molecule has 2 aromatic rings. The molecule has 6 heteroatoms. The second-order valence-electron chi connectivity index (χ2n) is 3.80. The van der Waals surface area contributed by atoms with Crippen LogP contribution in [0.5, 0.6) is 0 Å². The lowest BCUT2D eigenvalue weighted by Gasteiger charge is -2.05. The molecule has 1 aliphatic rings. The fraction of sp³-hybridized carbons (Fsp3) is 0. The Morgan fingerprint density at radius 1 is 1.06 bits per heavy atom. The number of hydrogen-bond acceptors (Lipinski definition) is 4. The first kappa shape index (κ1) is 10.2. The van der Waals surface area contributed by atoms with Crippen LogP contribution >= 0.6 is 0 Å². The number of hydrogen-bond donors (Lipinski definition) is 1. The van der Waals surface area contributed by atoms with Crippen LogP contribution in [0, 0.1) is 0 Å². The molecule has 1 aliphatic heterocycles.